The van der Waals surface area contributed by atoms with E-state index in [-0.39, 0.29) is 41.7 Å². The van der Waals surface area contributed by atoms with Gasteiger partial charge >= 0.3 is 6.03 Å². The fourth-order valence-electron chi connectivity index (χ4n) is 6.13. The Morgan fingerprint density at radius 3 is 2.80 bits per heavy atom. The van der Waals surface area contributed by atoms with E-state index >= 15 is 0 Å². The van der Waals surface area contributed by atoms with Crippen LogP contribution in [0.2, 0.25) is 0 Å². The molecular weight excluding hydrogens is 512 g/mol. The van der Waals surface area contributed by atoms with Crippen LogP contribution in [0.4, 0.5) is 22.1 Å². The third-order valence-electron chi connectivity index (χ3n) is 8.09. The van der Waals surface area contributed by atoms with Crippen molar-refractivity contribution in [2.75, 3.05) is 49.8 Å². The standard InChI is InChI=1S/C28H34N8O4/c1-35(2)14-25(38)31-16-28-10-19(11-28)36(26-20(28)8-7-18(15-37)32-26)27(39)34-24-9-22(17(12-29)13-30-24)33-21-5-4-6-23(21)40-3/h7-9,13,15,19,21,23H,4-6,10-11,14,16H2,1-3H3,(H,31,38)(H2,30,33,34,39). The fourth-order valence-corrected chi connectivity index (χ4v) is 6.13. The highest BCUT2D eigenvalue weighted by Gasteiger charge is 2.56. The minimum absolute atomic E-state index is 0.0484. The predicted octanol–water partition coefficient (Wildman–Crippen LogP) is 2.27. The maximum Gasteiger partial charge on any atom is 0.328 e. The summed E-state index contributed by atoms with van der Waals surface area (Å²) >= 11 is 0. The molecule has 4 heterocycles. The van der Waals surface area contributed by atoms with Crippen LogP contribution in [0.5, 0.6) is 0 Å². The molecule has 2 aromatic heterocycles. The highest BCUT2D eigenvalue weighted by atomic mass is 16.5. The lowest BCUT2D eigenvalue weighted by molar-refractivity contribution is -0.122. The second-order valence-corrected chi connectivity index (χ2v) is 11.1. The first kappa shape index (κ1) is 27.5. The van der Waals surface area contributed by atoms with E-state index in [9.17, 15) is 19.6 Å². The quantitative estimate of drug-likeness (QED) is 0.402. The normalized spacial score (nSPS) is 24.5. The molecule has 12 heteroatoms. The molecule has 4 aliphatic rings. The summed E-state index contributed by atoms with van der Waals surface area (Å²) in [5.74, 6) is 0.624. The fraction of sp³-hybridized carbons (Fsp3) is 0.500. The predicted molar refractivity (Wildman–Crippen MR) is 148 cm³/mol. The van der Waals surface area contributed by atoms with Crippen molar-refractivity contribution in [1.82, 2.24) is 20.2 Å². The van der Waals surface area contributed by atoms with Crippen LogP contribution in [-0.4, -0.2) is 85.6 Å². The maximum absolute atomic E-state index is 13.6. The van der Waals surface area contributed by atoms with Crippen molar-refractivity contribution in [3.63, 3.8) is 0 Å². The molecule has 2 atom stereocenters. The van der Waals surface area contributed by atoms with E-state index in [1.807, 2.05) is 20.2 Å². The molecule has 6 rings (SSSR count). The van der Waals surface area contributed by atoms with Crippen LogP contribution in [0.1, 0.15) is 53.7 Å². The van der Waals surface area contributed by atoms with Gasteiger partial charge in [0.25, 0.3) is 0 Å². The zero-order valence-corrected chi connectivity index (χ0v) is 22.9. The van der Waals surface area contributed by atoms with Gasteiger partial charge in [0, 0.05) is 42.9 Å². The monoisotopic (exact) mass is 546 g/mol. The first-order valence-electron chi connectivity index (χ1n) is 13.4. The second-order valence-electron chi connectivity index (χ2n) is 11.1. The van der Waals surface area contributed by atoms with E-state index in [1.165, 1.54) is 6.20 Å². The Morgan fingerprint density at radius 2 is 2.10 bits per heavy atom. The number of hydrogen-bond donors (Lipinski definition) is 3. The van der Waals surface area contributed by atoms with Gasteiger partial charge in [0.05, 0.1) is 29.9 Å². The molecule has 2 bridgehead atoms. The zero-order valence-electron chi connectivity index (χ0n) is 22.9. The van der Waals surface area contributed by atoms with Crippen molar-refractivity contribution in [2.45, 2.75) is 55.7 Å². The average molecular weight is 547 g/mol. The molecule has 2 saturated carbocycles. The number of rotatable bonds is 9. The van der Waals surface area contributed by atoms with Gasteiger partial charge in [-0.25, -0.2) is 14.8 Å². The topological polar surface area (TPSA) is 153 Å². The number of likely N-dealkylation sites (N-methyl/N-ethyl adjacent to an activating group) is 1. The number of methoxy groups -OCH3 is 1. The van der Waals surface area contributed by atoms with Crippen molar-refractivity contribution >= 4 is 35.5 Å². The smallest absolute Gasteiger partial charge is 0.328 e. The molecule has 2 aromatic rings. The van der Waals surface area contributed by atoms with Gasteiger partial charge < -0.3 is 20.3 Å². The minimum atomic E-state index is -0.425. The Balaban J connectivity index is 1.37. The van der Waals surface area contributed by atoms with Gasteiger partial charge in [0.1, 0.15) is 23.4 Å². The summed E-state index contributed by atoms with van der Waals surface area (Å²) < 4.78 is 5.57. The highest BCUT2D eigenvalue weighted by Crippen LogP contribution is 2.54. The number of aromatic nitrogens is 2. The van der Waals surface area contributed by atoms with Gasteiger partial charge in [-0.05, 0) is 52.3 Å². The van der Waals surface area contributed by atoms with Crippen molar-refractivity contribution < 1.29 is 19.1 Å². The first-order chi connectivity index (χ1) is 19.3. The SMILES string of the molecule is COC1CCCC1Nc1cc(NC(=O)N2c3nc(C=O)ccc3C3(CNC(=O)CN(C)C)CC2C3)ncc1C#N. The van der Waals surface area contributed by atoms with Gasteiger partial charge in [-0.2, -0.15) is 5.26 Å². The van der Waals surface area contributed by atoms with Gasteiger partial charge in [-0.3, -0.25) is 19.8 Å². The highest BCUT2D eigenvalue weighted by molar-refractivity contribution is 6.03. The summed E-state index contributed by atoms with van der Waals surface area (Å²) in [7, 11) is 5.35. The van der Waals surface area contributed by atoms with Gasteiger partial charge in [-0.1, -0.05) is 6.07 Å². The number of nitrogens with zero attached hydrogens (tertiary/aromatic N) is 5. The lowest BCUT2D eigenvalue weighted by Crippen LogP contribution is -2.64. The molecule has 2 unspecified atom stereocenters. The number of hydrogen-bond acceptors (Lipinski definition) is 9. The average Bonchev–Trinajstić information content (AvgIpc) is 3.37. The number of carbonyl (C=O) groups excluding carboxylic acids is 3. The molecule has 2 aliphatic carbocycles. The van der Waals surface area contributed by atoms with Crippen molar-refractivity contribution in [3.05, 3.63) is 41.2 Å². The summed E-state index contributed by atoms with van der Waals surface area (Å²) in [5.41, 5.74) is 1.65. The van der Waals surface area contributed by atoms with Crippen LogP contribution in [0, 0.1) is 11.3 Å². The molecule has 3 N–H and O–H groups in total. The van der Waals surface area contributed by atoms with E-state index < -0.39 is 6.03 Å². The van der Waals surface area contributed by atoms with E-state index in [0.717, 1.165) is 24.8 Å². The molecule has 3 amide bonds. The first-order valence-corrected chi connectivity index (χ1v) is 13.4. The Hall–Kier alpha value is -4.08. The van der Waals surface area contributed by atoms with Crippen LogP contribution in [-0.2, 0) is 14.9 Å². The lowest BCUT2D eigenvalue weighted by Gasteiger charge is -2.57. The summed E-state index contributed by atoms with van der Waals surface area (Å²) in [4.78, 5) is 49.7. The Labute approximate surface area is 233 Å². The number of ether oxygens (including phenoxy) is 1. The summed E-state index contributed by atoms with van der Waals surface area (Å²) in [6.07, 6.45) is 6.34. The molecule has 210 valence electrons. The third kappa shape index (κ3) is 5.22. The third-order valence-corrected chi connectivity index (χ3v) is 8.09. The molecule has 2 fully saturated rings. The number of nitrogens with one attached hydrogen (secondary N) is 3. The maximum atomic E-state index is 13.6. The van der Waals surface area contributed by atoms with Gasteiger partial charge in [0.2, 0.25) is 5.91 Å². The largest absolute Gasteiger partial charge is 0.379 e. The van der Waals surface area contributed by atoms with Gasteiger partial charge in [-0.15, -0.1) is 0 Å². The van der Waals surface area contributed by atoms with Crippen LogP contribution >= 0.6 is 0 Å². The van der Waals surface area contributed by atoms with Crippen molar-refractivity contribution in [2.24, 2.45) is 0 Å². The summed E-state index contributed by atoms with van der Waals surface area (Å²) in [5, 5.41) is 18.9. The van der Waals surface area contributed by atoms with Crippen LogP contribution in [0.15, 0.2) is 24.4 Å². The van der Waals surface area contributed by atoms with Crippen LogP contribution in [0.3, 0.4) is 0 Å². The van der Waals surface area contributed by atoms with E-state index in [0.29, 0.717) is 48.6 Å². The Kier molecular flexibility index (Phi) is 7.69. The molecule has 0 aromatic carbocycles. The zero-order chi connectivity index (χ0) is 28.4. The number of pyridine rings is 2. The van der Waals surface area contributed by atoms with Crippen LogP contribution in [0.25, 0.3) is 0 Å². The molecule has 12 nitrogen and oxygen atoms in total. The number of amides is 3. The number of aldehydes is 1. The number of urea groups is 1. The van der Waals surface area contributed by atoms with Crippen molar-refractivity contribution in [3.8, 4) is 6.07 Å². The second kappa shape index (κ2) is 11.2. The molecular formula is C28H34N8O4. The van der Waals surface area contributed by atoms with Crippen LogP contribution < -0.4 is 20.9 Å². The molecule has 0 saturated heterocycles. The van der Waals surface area contributed by atoms with E-state index in [1.54, 1.807) is 29.0 Å². The number of nitriles is 1. The van der Waals surface area contributed by atoms with E-state index in [4.69, 9.17) is 4.74 Å². The lowest BCUT2D eigenvalue weighted by atomic mass is 9.58. The molecule has 0 spiro atoms. The summed E-state index contributed by atoms with van der Waals surface area (Å²) in [6.45, 7) is 0.709. The number of anilines is 3. The van der Waals surface area contributed by atoms with Gasteiger partial charge in [0.15, 0.2) is 6.29 Å². The summed E-state index contributed by atoms with van der Waals surface area (Å²) in [6, 6.07) is 6.77. The molecule has 0 radical (unpaired) electrons. The molecule has 2 aliphatic heterocycles. The minimum Gasteiger partial charge on any atom is -0.379 e. The Morgan fingerprint density at radius 1 is 1.30 bits per heavy atom. The molecule has 40 heavy (non-hydrogen) atoms. The van der Waals surface area contributed by atoms with E-state index in [2.05, 4.69) is 32.0 Å². The van der Waals surface area contributed by atoms with Crippen molar-refractivity contribution in [1.29, 1.82) is 5.26 Å². The number of carbonyl (C=O) groups is 3. The Bertz CT molecular complexity index is 1350.